The molecule has 0 fully saturated rings. The van der Waals surface area contributed by atoms with E-state index in [0.717, 1.165) is 0 Å². The summed E-state index contributed by atoms with van der Waals surface area (Å²) in [6.45, 7) is 1.55. The zero-order chi connectivity index (χ0) is 16.3. The normalized spacial score (nSPS) is 11.1. The van der Waals surface area contributed by atoms with Crippen LogP contribution in [0.1, 0.15) is 15.2 Å². The van der Waals surface area contributed by atoms with E-state index in [1.165, 1.54) is 23.5 Å². The Balaban J connectivity index is 2.16. The third-order valence-electron chi connectivity index (χ3n) is 2.75. The van der Waals surface area contributed by atoms with E-state index in [0.29, 0.717) is 16.1 Å². The molecule has 0 radical (unpaired) electrons. The van der Waals surface area contributed by atoms with E-state index in [2.05, 4.69) is 5.32 Å². The minimum absolute atomic E-state index is 0.00805. The summed E-state index contributed by atoms with van der Waals surface area (Å²) in [5.74, 6) is -2.43. The lowest BCUT2D eigenvalue weighted by atomic mass is 10.1. The van der Waals surface area contributed by atoms with Crippen LogP contribution in [0.2, 0.25) is 0 Å². The molecule has 8 heteroatoms. The standard InChI is InChI=1S/C14H11F3N2O2S/c1-8-4-5-9(18-12(20)11-3-2-6-22-11)7-10(8)19-13(21)14(15,16)17/h2-7H,1H3,(H,18,20)(H,19,21). The topological polar surface area (TPSA) is 58.2 Å². The van der Waals surface area contributed by atoms with E-state index < -0.39 is 12.1 Å². The number of anilines is 2. The minimum Gasteiger partial charge on any atom is -0.321 e. The fraction of sp³-hybridized carbons (Fsp3) is 0.143. The molecule has 0 saturated carbocycles. The number of nitrogens with one attached hydrogen (secondary N) is 2. The first-order valence-electron chi connectivity index (χ1n) is 6.11. The van der Waals surface area contributed by atoms with Crippen LogP contribution in [0.15, 0.2) is 35.7 Å². The minimum atomic E-state index is -4.97. The zero-order valence-corrected chi connectivity index (χ0v) is 12.1. The summed E-state index contributed by atoms with van der Waals surface area (Å²) in [6, 6.07) is 7.68. The van der Waals surface area contributed by atoms with Crippen molar-refractivity contribution in [3.8, 4) is 0 Å². The summed E-state index contributed by atoms with van der Waals surface area (Å²) in [4.78, 5) is 23.3. The molecule has 0 atom stereocenters. The van der Waals surface area contributed by atoms with Crippen LogP contribution in [-0.4, -0.2) is 18.0 Å². The van der Waals surface area contributed by atoms with Gasteiger partial charge in [-0.1, -0.05) is 12.1 Å². The molecule has 116 valence electrons. The number of hydrogen-bond acceptors (Lipinski definition) is 3. The first-order valence-corrected chi connectivity index (χ1v) is 6.99. The van der Waals surface area contributed by atoms with Crippen molar-refractivity contribution in [2.75, 3.05) is 10.6 Å². The molecule has 4 nitrogen and oxygen atoms in total. The van der Waals surface area contributed by atoms with Gasteiger partial charge in [0.25, 0.3) is 5.91 Å². The second kappa shape index (κ2) is 6.18. The number of thiophene rings is 1. The number of aryl methyl sites for hydroxylation is 1. The Morgan fingerprint density at radius 1 is 1.14 bits per heavy atom. The van der Waals surface area contributed by atoms with Gasteiger partial charge >= 0.3 is 12.1 Å². The monoisotopic (exact) mass is 328 g/mol. The molecule has 2 aromatic rings. The maximum atomic E-state index is 12.3. The van der Waals surface area contributed by atoms with Crippen LogP contribution in [0.25, 0.3) is 0 Å². The molecule has 0 aliphatic carbocycles. The smallest absolute Gasteiger partial charge is 0.321 e. The van der Waals surface area contributed by atoms with Gasteiger partial charge in [0, 0.05) is 11.4 Å². The lowest BCUT2D eigenvalue weighted by Crippen LogP contribution is -2.30. The zero-order valence-electron chi connectivity index (χ0n) is 11.3. The molecule has 22 heavy (non-hydrogen) atoms. The number of amides is 2. The SMILES string of the molecule is Cc1ccc(NC(=O)c2cccs2)cc1NC(=O)C(F)(F)F. The Kier molecular flexibility index (Phi) is 4.51. The average molecular weight is 328 g/mol. The average Bonchev–Trinajstić information content (AvgIpc) is 2.95. The molecule has 2 amide bonds. The fourth-order valence-corrected chi connectivity index (χ4v) is 2.25. The lowest BCUT2D eigenvalue weighted by Gasteiger charge is -2.12. The Labute approximate surface area is 128 Å². The van der Waals surface area contributed by atoms with Crippen LogP contribution in [0, 0.1) is 6.92 Å². The predicted octanol–water partition coefficient (Wildman–Crippen LogP) is 3.81. The first-order chi connectivity index (χ1) is 10.3. The Bertz CT molecular complexity index is 697. The molecule has 0 spiro atoms. The number of carbonyl (C=O) groups excluding carboxylic acids is 2. The summed E-state index contributed by atoms with van der Waals surface area (Å²) in [7, 11) is 0. The Morgan fingerprint density at radius 2 is 1.86 bits per heavy atom. The van der Waals surface area contributed by atoms with Crippen LogP contribution in [0.4, 0.5) is 24.5 Å². The van der Waals surface area contributed by atoms with Crippen molar-refractivity contribution < 1.29 is 22.8 Å². The van der Waals surface area contributed by atoms with Crippen molar-refractivity contribution in [2.24, 2.45) is 0 Å². The van der Waals surface area contributed by atoms with Gasteiger partial charge in [-0.2, -0.15) is 13.2 Å². The number of halogens is 3. The van der Waals surface area contributed by atoms with Gasteiger partial charge in [0.1, 0.15) is 0 Å². The molecule has 0 bridgehead atoms. The molecule has 2 rings (SSSR count). The van der Waals surface area contributed by atoms with Crippen molar-refractivity contribution in [1.82, 2.24) is 0 Å². The summed E-state index contributed by atoms with van der Waals surface area (Å²) in [6.07, 6.45) is -4.97. The van der Waals surface area contributed by atoms with Gasteiger partial charge in [0.2, 0.25) is 0 Å². The number of rotatable bonds is 3. The van der Waals surface area contributed by atoms with Gasteiger partial charge < -0.3 is 10.6 Å². The molecule has 0 aliphatic rings. The molecule has 0 saturated heterocycles. The Hall–Kier alpha value is -2.35. The molecular formula is C14H11F3N2O2S. The second-order valence-corrected chi connectivity index (χ2v) is 5.36. The molecule has 2 N–H and O–H groups in total. The summed E-state index contributed by atoms with van der Waals surface area (Å²) < 4.78 is 36.8. The van der Waals surface area contributed by atoms with Crippen molar-refractivity contribution >= 4 is 34.5 Å². The van der Waals surface area contributed by atoms with Crippen LogP contribution in [0.3, 0.4) is 0 Å². The van der Waals surface area contributed by atoms with Gasteiger partial charge in [0.05, 0.1) is 4.88 Å². The fourth-order valence-electron chi connectivity index (χ4n) is 1.63. The molecule has 0 aliphatic heterocycles. The van der Waals surface area contributed by atoms with Crippen molar-refractivity contribution in [3.05, 3.63) is 46.2 Å². The van der Waals surface area contributed by atoms with Gasteiger partial charge in [-0.25, -0.2) is 0 Å². The molecule has 1 aromatic heterocycles. The first kappa shape index (κ1) is 16.0. The Morgan fingerprint density at radius 3 is 2.45 bits per heavy atom. The maximum Gasteiger partial charge on any atom is 0.471 e. The molecule has 1 aromatic carbocycles. The highest BCUT2D eigenvalue weighted by Crippen LogP contribution is 2.24. The second-order valence-electron chi connectivity index (χ2n) is 4.41. The quantitative estimate of drug-likeness (QED) is 0.900. The largest absolute Gasteiger partial charge is 0.471 e. The van der Waals surface area contributed by atoms with Crippen LogP contribution < -0.4 is 10.6 Å². The van der Waals surface area contributed by atoms with Crippen molar-refractivity contribution in [2.45, 2.75) is 13.1 Å². The van der Waals surface area contributed by atoms with Crippen molar-refractivity contribution in [3.63, 3.8) is 0 Å². The third kappa shape index (κ3) is 3.85. The highest BCUT2D eigenvalue weighted by atomic mass is 32.1. The van der Waals surface area contributed by atoms with Gasteiger partial charge in [-0.15, -0.1) is 11.3 Å². The van der Waals surface area contributed by atoms with E-state index in [9.17, 15) is 22.8 Å². The number of benzene rings is 1. The number of alkyl halides is 3. The highest BCUT2D eigenvalue weighted by Gasteiger charge is 2.38. The predicted molar refractivity (Wildman–Crippen MR) is 78.1 cm³/mol. The highest BCUT2D eigenvalue weighted by molar-refractivity contribution is 7.12. The van der Waals surface area contributed by atoms with E-state index in [4.69, 9.17) is 0 Å². The molecule has 0 unspecified atom stereocenters. The third-order valence-corrected chi connectivity index (χ3v) is 3.61. The summed E-state index contributed by atoms with van der Waals surface area (Å²) in [5, 5.41) is 6.08. The van der Waals surface area contributed by atoms with Gasteiger partial charge in [-0.3, -0.25) is 9.59 Å². The van der Waals surface area contributed by atoms with Crippen LogP contribution in [-0.2, 0) is 4.79 Å². The van der Waals surface area contributed by atoms with Gasteiger partial charge in [-0.05, 0) is 36.1 Å². The van der Waals surface area contributed by atoms with Crippen molar-refractivity contribution in [1.29, 1.82) is 0 Å². The number of carbonyl (C=O) groups is 2. The molecular weight excluding hydrogens is 317 g/mol. The van der Waals surface area contributed by atoms with E-state index >= 15 is 0 Å². The van der Waals surface area contributed by atoms with Crippen LogP contribution in [0.5, 0.6) is 0 Å². The summed E-state index contributed by atoms with van der Waals surface area (Å²) in [5.41, 5.74) is 0.736. The lowest BCUT2D eigenvalue weighted by molar-refractivity contribution is -0.167. The number of hydrogen-bond donors (Lipinski definition) is 2. The van der Waals surface area contributed by atoms with E-state index in [1.807, 2.05) is 0 Å². The molecule has 1 heterocycles. The van der Waals surface area contributed by atoms with E-state index in [1.54, 1.807) is 35.8 Å². The maximum absolute atomic E-state index is 12.3. The van der Waals surface area contributed by atoms with E-state index in [-0.39, 0.29) is 11.6 Å². The van der Waals surface area contributed by atoms with Gasteiger partial charge in [0.15, 0.2) is 0 Å². The van der Waals surface area contributed by atoms with Crippen LogP contribution >= 0.6 is 11.3 Å². The summed E-state index contributed by atoms with van der Waals surface area (Å²) >= 11 is 1.24.